The molecule has 0 aliphatic rings. The molecule has 0 atom stereocenters. The second kappa shape index (κ2) is 33.6. The van der Waals surface area contributed by atoms with Crippen molar-refractivity contribution in [1.82, 2.24) is 0 Å². The fourth-order valence-corrected chi connectivity index (χ4v) is 55.5. The van der Waals surface area contributed by atoms with Gasteiger partial charge in [-0.05, 0) is 171 Å². The summed E-state index contributed by atoms with van der Waals surface area (Å²) in [4.78, 5) is 0. The van der Waals surface area contributed by atoms with Crippen LogP contribution in [0.3, 0.4) is 0 Å². The van der Waals surface area contributed by atoms with E-state index in [1.807, 2.05) is 36.4 Å². The van der Waals surface area contributed by atoms with E-state index in [2.05, 4.69) is 249 Å². The maximum Gasteiger partial charge on any atom is 0.638 e. The molecular weight excluding hydrogens is 1190 g/mol. The van der Waals surface area contributed by atoms with Crippen molar-refractivity contribution in [3.05, 3.63) is 121 Å². The van der Waals surface area contributed by atoms with E-state index in [0.717, 1.165) is 10.4 Å². The van der Waals surface area contributed by atoms with Crippen LogP contribution < -0.4 is 20.7 Å². The third-order valence-electron chi connectivity index (χ3n) is 9.49. The van der Waals surface area contributed by atoms with Gasteiger partial charge in [0.15, 0.2) is 79.9 Å². The highest BCUT2D eigenvalue weighted by molar-refractivity contribution is 7.00. The first-order valence-corrected chi connectivity index (χ1v) is 65.8. The summed E-state index contributed by atoms with van der Waals surface area (Å²) in [7, 11) is -25.0. The molecule has 0 saturated heterocycles. The molecule has 11 nitrogen and oxygen atoms in total. The molecule has 4 aromatic rings. The van der Waals surface area contributed by atoms with Crippen molar-refractivity contribution in [2.75, 3.05) is 0 Å². The highest BCUT2D eigenvalue weighted by Gasteiger charge is 2.57. The number of rotatable bonds is 26. The van der Waals surface area contributed by atoms with Gasteiger partial charge in [0, 0.05) is 6.55 Å². The molecule has 4 aromatic carbocycles. The predicted molar refractivity (Wildman–Crippen MR) is 362 cm³/mol. The second-order valence-corrected chi connectivity index (χ2v) is 70.4. The van der Waals surface area contributed by atoms with E-state index in [1.165, 1.54) is 10.4 Å². The monoisotopic (exact) mass is 1290 g/mol. The smallest absolute Gasteiger partial charge is 0.453 e. The van der Waals surface area contributed by atoms with E-state index in [9.17, 15) is 0 Å². The van der Waals surface area contributed by atoms with Gasteiger partial charge in [-0.15, -0.1) is 0 Å². The van der Waals surface area contributed by atoms with Crippen LogP contribution in [0, 0.1) is 0 Å². The quantitative estimate of drug-likeness (QED) is 0.0563. The van der Waals surface area contributed by atoms with Crippen molar-refractivity contribution in [1.29, 1.82) is 0 Å². The Morgan fingerprint density at radius 2 is 0.667 bits per heavy atom. The minimum Gasteiger partial charge on any atom is -0.453 e. The molecule has 0 bridgehead atoms. The molecule has 0 amide bonds. The summed E-state index contributed by atoms with van der Waals surface area (Å²) in [5.41, 5.74) is 0. The maximum absolute atomic E-state index is 7.17. The average molecular weight is 1290 g/mol. The van der Waals surface area contributed by atoms with Crippen LogP contribution in [-0.4, -0.2) is 133 Å². The Morgan fingerprint density at radius 1 is 0.347 bits per heavy atom. The molecule has 0 heterocycles. The van der Waals surface area contributed by atoms with Crippen LogP contribution in [0.4, 0.5) is 0 Å². The van der Waals surface area contributed by atoms with Crippen molar-refractivity contribution in [3.63, 3.8) is 0 Å². The SMILES string of the molecule is C[SiH2]O[Si](C)(O[Si](C)(C)C)O[Si](C)(C)C.C[SiH](C)O[Si](C)(C)O[Si](C)(C)C.C[SiH](C)O[Si](O[SiH](C)C)(O[SiH](C)C)O[Si](O[SiH](C)C)(c1ccccc1)c1ccccc1.C[Si](C)(O[SiH2]c1ccccc1)c1ccccc1. The molecule has 0 aromatic heterocycles. The van der Waals surface area contributed by atoms with E-state index < -0.39 is 133 Å². The van der Waals surface area contributed by atoms with Crippen LogP contribution in [0.2, 0.25) is 164 Å². The molecule has 0 aliphatic heterocycles. The summed E-state index contributed by atoms with van der Waals surface area (Å²) in [5, 5.41) is 4.89. The highest BCUT2D eigenvalue weighted by atomic mass is 28.5. The lowest BCUT2D eigenvalue weighted by molar-refractivity contribution is 0.149. The highest BCUT2D eigenvalue weighted by Crippen LogP contribution is 2.25. The van der Waals surface area contributed by atoms with Crippen molar-refractivity contribution < 1.29 is 45.3 Å². The summed E-state index contributed by atoms with van der Waals surface area (Å²) in [6.45, 7) is 54.5. The molecule has 0 fully saturated rings. The minimum atomic E-state index is -3.41. The summed E-state index contributed by atoms with van der Waals surface area (Å²) in [6, 6.07) is 41.9. The van der Waals surface area contributed by atoms with Gasteiger partial charge in [0.2, 0.25) is 8.32 Å². The van der Waals surface area contributed by atoms with Crippen LogP contribution in [0.1, 0.15) is 0 Å². The molecular formula is C49H104O11Si15. The van der Waals surface area contributed by atoms with Gasteiger partial charge in [-0.1, -0.05) is 128 Å². The third kappa shape index (κ3) is 32.1. The lowest BCUT2D eigenvalue weighted by Crippen LogP contribution is -2.72. The van der Waals surface area contributed by atoms with Crippen LogP contribution in [0.25, 0.3) is 0 Å². The molecule has 0 unspecified atom stereocenters. The molecule has 0 radical (unpaired) electrons. The third-order valence-corrected chi connectivity index (χ3v) is 51.8. The van der Waals surface area contributed by atoms with Crippen LogP contribution in [0.15, 0.2) is 121 Å². The molecule has 0 saturated carbocycles. The molecule has 26 heteroatoms. The van der Waals surface area contributed by atoms with Crippen LogP contribution >= 0.6 is 0 Å². The van der Waals surface area contributed by atoms with E-state index in [1.54, 1.807) is 0 Å². The topological polar surface area (TPSA) is 102 Å². The summed E-state index contributed by atoms with van der Waals surface area (Å²) < 4.78 is 70.2. The normalized spacial score (nSPS) is 13.4. The van der Waals surface area contributed by atoms with Crippen molar-refractivity contribution in [3.8, 4) is 0 Å². The van der Waals surface area contributed by atoms with E-state index in [0.29, 0.717) is 0 Å². The van der Waals surface area contributed by atoms with Gasteiger partial charge in [-0.3, -0.25) is 0 Å². The van der Waals surface area contributed by atoms with E-state index in [4.69, 9.17) is 45.3 Å². The molecule has 0 spiro atoms. The second-order valence-electron chi connectivity index (χ2n) is 23.8. The average Bonchev–Trinajstić information content (AvgIpc) is 3.24. The molecule has 4 rings (SSSR count). The lowest BCUT2D eigenvalue weighted by atomic mass is 10.4. The Labute approximate surface area is 480 Å². The van der Waals surface area contributed by atoms with Gasteiger partial charge in [0.25, 0.3) is 0 Å². The maximum atomic E-state index is 7.17. The largest absolute Gasteiger partial charge is 0.638 e. The van der Waals surface area contributed by atoms with Gasteiger partial charge in [-0.2, -0.15) is 0 Å². The fourth-order valence-electron chi connectivity index (χ4n) is 7.83. The van der Waals surface area contributed by atoms with Crippen molar-refractivity contribution >= 4 is 154 Å². The molecule has 0 N–H and O–H groups in total. The Morgan fingerprint density at radius 3 is 0.973 bits per heavy atom. The van der Waals surface area contributed by atoms with Crippen molar-refractivity contribution in [2.45, 2.75) is 164 Å². The lowest BCUT2D eigenvalue weighted by Gasteiger charge is -2.42. The van der Waals surface area contributed by atoms with Gasteiger partial charge in [0.05, 0.1) is 0 Å². The Bertz CT molecular complexity index is 2030. The van der Waals surface area contributed by atoms with Gasteiger partial charge >= 0.3 is 35.0 Å². The first-order valence-electron chi connectivity index (χ1n) is 27.0. The zero-order chi connectivity index (χ0) is 57.5. The zero-order valence-electron chi connectivity index (χ0n) is 51.3. The van der Waals surface area contributed by atoms with Crippen LogP contribution in [-0.2, 0) is 45.3 Å². The molecule has 0 aliphatic carbocycles. The summed E-state index contributed by atoms with van der Waals surface area (Å²) in [6.07, 6.45) is 0. The number of hydrogen-bond donors (Lipinski definition) is 0. The zero-order valence-corrected chi connectivity index (χ0v) is 67.9. The fraction of sp³-hybridized carbons (Fsp3) is 0.510. The number of hydrogen-bond acceptors (Lipinski definition) is 11. The van der Waals surface area contributed by atoms with Gasteiger partial charge < -0.3 is 45.3 Å². The summed E-state index contributed by atoms with van der Waals surface area (Å²) in [5.74, 6) is 0. The Kier molecular flexibility index (Phi) is 32.6. The van der Waals surface area contributed by atoms with Gasteiger partial charge in [0.1, 0.15) is 9.76 Å². The Balaban J connectivity index is 0.000000542. The predicted octanol–water partition coefficient (Wildman–Crippen LogP) is 9.17. The first-order chi connectivity index (χ1) is 34.4. The van der Waals surface area contributed by atoms with Gasteiger partial charge in [-0.25, -0.2) is 0 Å². The molecule has 426 valence electrons. The van der Waals surface area contributed by atoms with E-state index >= 15 is 0 Å². The van der Waals surface area contributed by atoms with Crippen LogP contribution in [0.5, 0.6) is 0 Å². The Hall–Kier alpha value is -0.307. The minimum absolute atomic E-state index is 0.472. The van der Waals surface area contributed by atoms with E-state index in [-0.39, 0.29) is 0 Å². The first kappa shape index (κ1) is 72.7. The summed E-state index contributed by atoms with van der Waals surface area (Å²) >= 11 is 0. The van der Waals surface area contributed by atoms with Crippen molar-refractivity contribution in [2.24, 2.45) is 0 Å². The molecule has 75 heavy (non-hydrogen) atoms. The standard InChI is InChI=1S/C20H38O5Si6.C14H18OSi2.C8H26O3Si4.C7H22O2Si3/c1-26(2)21-30(19-15-11-9-12-16-19,20-17-13-10-14-18-20)25-31(22-27(3)4,23-28(5)6)24-29(7)8;1-17(2,14-11-7-4-8-12-14)15-16-13-9-5-3-6-10-13;1-12-9-15(8,10-13(2,3)4)11-14(5,6)7;1-10(2)8-12(6,7)9-11(3,4)5/h9-18,26-29H,1-8H3;3-12H,16H2,1-2H3;12H2,1-8H3;10H,1-7H3. The number of benzene rings is 4.